The molecule has 0 aliphatic carbocycles. The van der Waals surface area contributed by atoms with E-state index in [-0.39, 0.29) is 55.9 Å². The molecule has 0 aromatic rings. The van der Waals surface area contributed by atoms with Gasteiger partial charge < -0.3 is 31.5 Å². The van der Waals surface area contributed by atoms with Crippen LogP contribution in [0.2, 0.25) is 6.32 Å². The third-order valence-electron chi connectivity index (χ3n) is 3.56. The summed E-state index contributed by atoms with van der Waals surface area (Å²) in [6.07, 6.45) is 0.686. The van der Waals surface area contributed by atoms with Crippen LogP contribution in [-0.2, 0) is 9.59 Å². The van der Waals surface area contributed by atoms with Gasteiger partial charge in [0.15, 0.2) is 0 Å². The summed E-state index contributed by atoms with van der Waals surface area (Å²) in [6, 6.07) is -0.727. The number of piperidine rings is 1. The maximum absolute atomic E-state index is 11.9. The Kier molecular flexibility index (Phi) is 10.3. The van der Waals surface area contributed by atoms with E-state index in [0.717, 1.165) is 0 Å². The summed E-state index contributed by atoms with van der Waals surface area (Å²) in [5.41, 5.74) is 9.89. The van der Waals surface area contributed by atoms with E-state index in [1.807, 2.05) is 0 Å². The van der Waals surface area contributed by atoms with E-state index >= 15 is 0 Å². The molecule has 8 nitrogen and oxygen atoms in total. The number of hydrogen-bond acceptors (Lipinski definition) is 6. The summed E-state index contributed by atoms with van der Waals surface area (Å²) in [5.74, 6) is -1.72. The number of halogens is 2. The second kappa shape index (κ2) is 9.54. The van der Waals surface area contributed by atoms with Crippen LogP contribution in [0.4, 0.5) is 0 Å². The normalized spacial score (nSPS) is 25.5. The lowest BCUT2D eigenvalue weighted by Crippen LogP contribution is -2.64. The lowest BCUT2D eigenvalue weighted by Gasteiger charge is -2.42. The average molecular weight is 360 g/mol. The molecule has 0 radical (unpaired) electrons. The Balaban J connectivity index is 0. The van der Waals surface area contributed by atoms with Gasteiger partial charge in [-0.05, 0) is 25.6 Å². The highest BCUT2D eigenvalue weighted by molar-refractivity contribution is 6.40. The number of hydrogen-bond donors (Lipinski definition) is 5. The highest BCUT2D eigenvalue weighted by Gasteiger charge is 2.44. The van der Waals surface area contributed by atoms with Gasteiger partial charge in [-0.1, -0.05) is 6.42 Å². The number of aliphatic carboxylic acids is 1. The Labute approximate surface area is 142 Å². The summed E-state index contributed by atoms with van der Waals surface area (Å²) >= 11 is 0. The highest BCUT2D eigenvalue weighted by Crippen LogP contribution is 2.28. The predicted molar refractivity (Wildman–Crippen MR) is 87.0 cm³/mol. The van der Waals surface area contributed by atoms with Gasteiger partial charge in [-0.2, -0.15) is 0 Å². The minimum absolute atomic E-state index is 0. The minimum atomic E-state index is -1.52. The first-order valence-electron chi connectivity index (χ1n) is 6.58. The molecule has 1 aliphatic heterocycles. The number of carbonyl (C=O) groups excluding carboxylic acids is 1. The van der Waals surface area contributed by atoms with Crippen LogP contribution in [0.3, 0.4) is 0 Å². The Morgan fingerprint density at radius 3 is 2.36 bits per heavy atom. The Bertz CT molecular complexity index is 389. The molecule has 0 bridgehead atoms. The van der Waals surface area contributed by atoms with E-state index in [4.69, 9.17) is 21.5 Å². The van der Waals surface area contributed by atoms with Crippen LogP contribution in [0.15, 0.2) is 0 Å². The van der Waals surface area contributed by atoms with E-state index in [1.165, 1.54) is 11.8 Å². The fourth-order valence-electron chi connectivity index (χ4n) is 2.55. The maximum atomic E-state index is 11.9. The largest absolute Gasteiger partial charge is 0.480 e. The Morgan fingerprint density at radius 2 is 1.95 bits per heavy atom. The Hall–Kier alpha value is -0.575. The molecule has 1 unspecified atom stereocenters. The van der Waals surface area contributed by atoms with Crippen LogP contribution in [0.25, 0.3) is 0 Å². The highest BCUT2D eigenvalue weighted by atomic mass is 35.5. The first-order valence-corrected chi connectivity index (χ1v) is 6.58. The standard InChI is InChI=1S/C11H22BN3O5.2ClH/c1-7(13)9(16)15-5-8(2-3-12(19)20)4-11(14,6-15)10(17)18;;/h7-8,19-20H,2-6,13-14H2,1H3,(H,17,18);2*1H/t7?,8-,11-;;/m1../s1. The van der Waals surface area contributed by atoms with Gasteiger partial charge in [0, 0.05) is 13.1 Å². The summed E-state index contributed by atoms with van der Waals surface area (Å²) < 4.78 is 0. The van der Waals surface area contributed by atoms with Crippen LogP contribution in [0.5, 0.6) is 0 Å². The first kappa shape index (κ1) is 23.7. The monoisotopic (exact) mass is 359 g/mol. The Morgan fingerprint density at radius 1 is 1.41 bits per heavy atom. The number of carbonyl (C=O) groups is 2. The lowest BCUT2D eigenvalue weighted by atomic mass is 9.75. The van der Waals surface area contributed by atoms with Crippen molar-refractivity contribution in [2.24, 2.45) is 17.4 Å². The van der Waals surface area contributed by atoms with Gasteiger partial charge in [-0.25, -0.2) is 0 Å². The van der Waals surface area contributed by atoms with Gasteiger partial charge in [0.25, 0.3) is 0 Å². The molecule has 1 heterocycles. The van der Waals surface area contributed by atoms with Gasteiger partial charge in [0.2, 0.25) is 5.91 Å². The van der Waals surface area contributed by atoms with Crippen molar-refractivity contribution in [1.82, 2.24) is 4.90 Å². The molecule has 1 fully saturated rings. The van der Waals surface area contributed by atoms with Crippen LogP contribution in [0.1, 0.15) is 19.8 Å². The second-order valence-corrected chi connectivity index (χ2v) is 5.60. The molecule has 7 N–H and O–H groups in total. The molecule has 1 saturated heterocycles. The summed E-state index contributed by atoms with van der Waals surface area (Å²) in [7, 11) is -1.45. The fourth-order valence-corrected chi connectivity index (χ4v) is 2.55. The molecule has 22 heavy (non-hydrogen) atoms. The zero-order chi connectivity index (χ0) is 15.5. The SMILES string of the molecule is CC(N)C(=O)N1C[C@H](CCB(O)O)C[C@](N)(C(=O)O)C1.Cl.Cl. The lowest BCUT2D eigenvalue weighted by molar-refractivity contribution is -0.149. The first-order chi connectivity index (χ1) is 9.15. The van der Waals surface area contributed by atoms with Gasteiger partial charge in [0.1, 0.15) is 5.54 Å². The molecule has 1 rings (SSSR count). The summed E-state index contributed by atoms with van der Waals surface area (Å²) in [5, 5.41) is 27.0. The zero-order valence-corrected chi connectivity index (χ0v) is 14.0. The number of carboxylic acid groups (broad SMARTS) is 1. The predicted octanol–water partition coefficient (Wildman–Crippen LogP) is -1.33. The van der Waals surface area contributed by atoms with Crippen molar-refractivity contribution >= 4 is 43.8 Å². The van der Waals surface area contributed by atoms with E-state index in [0.29, 0.717) is 13.0 Å². The molecular weight excluding hydrogens is 336 g/mol. The molecular formula is C11H24BCl2N3O5. The van der Waals surface area contributed by atoms with Crippen molar-refractivity contribution in [2.75, 3.05) is 13.1 Å². The molecule has 130 valence electrons. The second-order valence-electron chi connectivity index (χ2n) is 5.60. The molecule has 0 aromatic heterocycles. The smallest absolute Gasteiger partial charge is 0.451 e. The van der Waals surface area contributed by atoms with Crippen molar-refractivity contribution in [2.45, 2.75) is 37.7 Å². The molecule has 0 spiro atoms. The third-order valence-corrected chi connectivity index (χ3v) is 3.56. The van der Waals surface area contributed by atoms with E-state index in [2.05, 4.69) is 0 Å². The molecule has 0 aromatic carbocycles. The van der Waals surface area contributed by atoms with Crippen molar-refractivity contribution < 1.29 is 24.7 Å². The number of likely N-dealkylation sites (tertiary alicyclic amines) is 1. The number of rotatable bonds is 5. The molecule has 1 aliphatic rings. The molecule has 0 saturated carbocycles. The van der Waals surface area contributed by atoms with Crippen LogP contribution in [-0.4, -0.2) is 63.7 Å². The van der Waals surface area contributed by atoms with Crippen LogP contribution < -0.4 is 11.5 Å². The quantitative estimate of drug-likeness (QED) is 0.381. The maximum Gasteiger partial charge on any atom is 0.451 e. The number of nitrogens with zero attached hydrogens (tertiary/aromatic N) is 1. The summed E-state index contributed by atoms with van der Waals surface area (Å²) in [4.78, 5) is 24.6. The van der Waals surface area contributed by atoms with Crippen molar-refractivity contribution in [3.05, 3.63) is 0 Å². The summed E-state index contributed by atoms with van der Waals surface area (Å²) in [6.45, 7) is 1.78. The number of carboxylic acids is 1. The average Bonchev–Trinajstić information content (AvgIpc) is 2.34. The fraction of sp³-hybridized carbons (Fsp3) is 0.818. The van der Waals surface area contributed by atoms with Gasteiger partial charge in [-0.3, -0.25) is 9.59 Å². The topological polar surface area (TPSA) is 150 Å². The van der Waals surface area contributed by atoms with Crippen LogP contribution in [0, 0.1) is 5.92 Å². The van der Waals surface area contributed by atoms with E-state index in [1.54, 1.807) is 0 Å². The molecule has 3 atom stereocenters. The van der Waals surface area contributed by atoms with Gasteiger partial charge in [0.05, 0.1) is 6.04 Å². The third kappa shape index (κ3) is 6.27. The number of nitrogens with two attached hydrogens (primary N) is 2. The van der Waals surface area contributed by atoms with Crippen LogP contribution >= 0.6 is 24.8 Å². The van der Waals surface area contributed by atoms with E-state index < -0.39 is 24.7 Å². The molecule has 1 amide bonds. The van der Waals surface area contributed by atoms with Crippen molar-refractivity contribution in [3.63, 3.8) is 0 Å². The minimum Gasteiger partial charge on any atom is -0.480 e. The van der Waals surface area contributed by atoms with Crippen molar-refractivity contribution in [3.8, 4) is 0 Å². The van der Waals surface area contributed by atoms with E-state index in [9.17, 15) is 14.7 Å². The number of amides is 1. The molecule has 11 heteroatoms. The van der Waals surface area contributed by atoms with Gasteiger partial charge in [-0.15, -0.1) is 24.8 Å². The van der Waals surface area contributed by atoms with Crippen molar-refractivity contribution in [1.29, 1.82) is 0 Å². The zero-order valence-electron chi connectivity index (χ0n) is 12.3. The van der Waals surface area contributed by atoms with Gasteiger partial charge >= 0.3 is 13.1 Å².